The van der Waals surface area contributed by atoms with Gasteiger partial charge in [-0.25, -0.2) is 0 Å². The van der Waals surface area contributed by atoms with Crippen molar-refractivity contribution in [2.24, 2.45) is 0 Å². The molecule has 0 fully saturated rings. The van der Waals surface area contributed by atoms with E-state index < -0.39 is 0 Å². The Hall–Kier alpha value is 3.28. The van der Waals surface area contributed by atoms with Crippen molar-refractivity contribution >= 4 is 76.5 Å². The van der Waals surface area contributed by atoms with Gasteiger partial charge in [0.15, 0.2) is 0 Å². The molecule has 11 heavy (non-hydrogen) atoms. The molecule has 0 aromatic heterocycles. The molecule has 0 spiro atoms. The molecule has 0 atom stereocenters. The van der Waals surface area contributed by atoms with Crippen molar-refractivity contribution in [3.63, 3.8) is 0 Å². The first-order valence-electron chi connectivity index (χ1n) is 0. The van der Waals surface area contributed by atoms with Crippen LogP contribution < -0.4 is 0 Å². The average molecular weight is 332 g/mol. The second-order valence-corrected chi connectivity index (χ2v) is 0. The van der Waals surface area contributed by atoms with Crippen LogP contribution >= 0.6 is 19.8 Å². The van der Waals surface area contributed by atoms with Crippen LogP contribution in [0.15, 0.2) is 0 Å². The third kappa shape index (κ3) is 157. The fourth-order valence-corrected chi connectivity index (χ4v) is 0. The molecule has 0 amide bonds. The fourth-order valence-electron chi connectivity index (χ4n) is 0. The van der Waals surface area contributed by atoms with Crippen LogP contribution in [0.5, 0.6) is 0 Å². The van der Waals surface area contributed by atoms with Crippen molar-refractivity contribution in [2.75, 3.05) is 0 Å². The van der Waals surface area contributed by atoms with E-state index in [9.17, 15) is 0 Å². The number of hydrogen-bond donors (Lipinski definition) is 0. The molecule has 0 unspecified atom stereocenters. The molecular weight excluding hydrogens is 332 g/mol. The number of hydrogen-bond acceptors (Lipinski definition) is 0. The largest absolute Gasteiger partial charge is 3.00 e. The van der Waals surface area contributed by atoms with Crippen molar-refractivity contribution in [3.05, 3.63) is 0 Å². The Morgan fingerprint density at radius 3 is 0.455 bits per heavy atom. The standard InChI is InChI=1S/2Al.2Fe.3O.2P.2Si/q2*+3;;;3*-2;;;;. The Kier molecular flexibility index (Phi) is 3970. The van der Waals surface area contributed by atoms with E-state index in [0.717, 1.165) is 0 Å². The summed E-state index contributed by atoms with van der Waals surface area (Å²) in [5, 5.41) is 0. The maximum absolute atomic E-state index is 0. The smallest absolute Gasteiger partial charge is 2.00 e. The minimum absolute atomic E-state index is 0. The minimum atomic E-state index is 0. The van der Waals surface area contributed by atoms with E-state index in [-0.39, 0.29) is 127 Å². The molecule has 14 radical (unpaired) electrons. The zero-order valence-electron chi connectivity index (χ0n) is 4.98. The molecule has 3 nitrogen and oxygen atoms in total. The third-order valence-corrected chi connectivity index (χ3v) is 0. The first-order valence-corrected chi connectivity index (χ1v) is 0. The summed E-state index contributed by atoms with van der Waals surface area (Å²) in [7, 11) is 0. The zero-order chi connectivity index (χ0) is 0. The minimum Gasteiger partial charge on any atom is -2.00 e. The third-order valence-electron chi connectivity index (χ3n) is 0. The second kappa shape index (κ2) is 186. The molecule has 0 rings (SSSR count). The van der Waals surface area contributed by atoms with Crippen LogP contribution in [0.3, 0.4) is 0 Å². The van der Waals surface area contributed by atoms with E-state index in [1.807, 2.05) is 0 Å². The van der Waals surface area contributed by atoms with Crippen molar-refractivity contribution in [1.29, 1.82) is 0 Å². The van der Waals surface area contributed by atoms with Crippen LogP contribution in [0.1, 0.15) is 0 Å². The van der Waals surface area contributed by atoms with Gasteiger partial charge in [-0.05, 0) is 0 Å². The van der Waals surface area contributed by atoms with Gasteiger partial charge in [-0.3, -0.25) is 0 Å². The Labute approximate surface area is 126 Å². The van der Waals surface area contributed by atoms with Gasteiger partial charge in [0.05, 0.1) is 0 Å². The first-order chi connectivity index (χ1) is 0. The quantitative estimate of drug-likeness (QED) is 0.436. The predicted molar refractivity (Wildman–Crippen MR) is 38.9 cm³/mol. The van der Waals surface area contributed by atoms with Crippen LogP contribution in [-0.2, 0) is 50.6 Å². The monoisotopic (exact) mass is 332 g/mol. The summed E-state index contributed by atoms with van der Waals surface area (Å²) < 4.78 is 0. The van der Waals surface area contributed by atoms with Gasteiger partial charge in [-0.1, -0.05) is 0 Å². The maximum Gasteiger partial charge on any atom is 3.00 e. The predicted octanol–water partition coefficient (Wildman–Crippen LogP) is -0.162. The van der Waals surface area contributed by atoms with Gasteiger partial charge in [0.2, 0.25) is 0 Å². The van der Waals surface area contributed by atoms with Gasteiger partial charge >= 0.3 is 34.7 Å². The second-order valence-electron chi connectivity index (χ2n) is 0. The van der Waals surface area contributed by atoms with Gasteiger partial charge in [0.1, 0.15) is 0 Å². The van der Waals surface area contributed by atoms with E-state index >= 15 is 0 Å². The Morgan fingerprint density at radius 2 is 0.455 bits per heavy atom. The fraction of sp³-hybridized carbons (Fsp3) is 0. The Balaban J connectivity index is 0. The molecule has 0 saturated heterocycles. The van der Waals surface area contributed by atoms with E-state index in [1.54, 1.807) is 0 Å². The topological polar surface area (TPSA) is 85.5 Å². The van der Waals surface area contributed by atoms with Gasteiger partial charge < -0.3 is 16.4 Å². The molecule has 0 aliphatic heterocycles. The SMILES string of the molecule is [Al+3].[Al+3].[Fe].[Fe].[O-2].[O-2].[O-2].[P].[P].[Si].[Si]. The van der Waals surface area contributed by atoms with Crippen molar-refractivity contribution in [2.45, 2.75) is 0 Å². The molecule has 0 aliphatic carbocycles. The molecule has 0 aromatic carbocycles. The van der Waals surface area contributed by atoms with Crippen LogP contribution in [-0.4, -0.2) is 56.7 Å². The van der Waals surface area contributed by atoms with E-state index in [4.69, 9.17) is 0 Å². The first kappa shape index (κ1) is 234. The van der Waals surface area contributed by atoms with Crippen LogP contribution in [0.4, 0.5) is 0 Å². The Bertz CT molecular complexity index is 25.3. The number of rotatable bonds is 0. The summed E-state index contributed by atoms with van der Waals surface area (Å²) in [5.41, 5.74) is 0. The van der Waals surface area contributed by atoms with Crippen LogP contribution in [0, 0.1) is 0 Å². The summed E-state index contributed by atoms with van der Waals surface area (Å²) >= 11 is 0. The van der Waals surface area contributed by atoms with Crippen LogP contribution in [0.2, 0.25) is 0 Å². The summed E-state index contributed by atoms with van der Waals surface area (Å²) in [6, 6.07) is 0. The summed E-state index contributed by atoms with van der Waals surface area (Å²) in [5.74, 6) is 0. The molecule has 11 heteroatoms. The molecule has 0 aliphatic rings. The van der Waals surface area contributed by atoms with E-state index in [2.05, 4.69) is 0 Å². The summed E-state index contributed by atoms with van der Waals surface area (Å²) in [6.45, 7) is 0. The molecule has 0 heterocycles. The van der Waals surface area contributed by atoms with E-state index in [1.165, 1.54) is 0 Å². The van der Waals surface area contributed by atoms with Gasteiger partial charge in [-0.2, -0.15) is 0 Å². The molecule has 0 N–H and O–H groups in total. The van der Waals surface area contributed by atoms with E-state index in [0.29, 0.717) is 0 Å². The average Bonchev–Trinajstić information content (AvgIpc) is 0. The van der Waals surface area contributed by atoms with Gasteiger partial charge in [-0.15, -0.1) is 0 Å². The zero-order valence-corrected chi connectivity index (χ0v) is 13.3. The van der Waals surface area contributed by atoms with Crippen molar-refractivity contribution in [3.8, 4) is 0 Å². The molecule has 0 saturated carbocycles. The molecular formula is Al2Fe2O3P2Si2. The normalized spacial score (nSPS) is 0. The Morgan fingerprint density at radius 1 is 0.455 bits per heavy atom. The van der Waals surface area contributed by atoms with Gasteiger partial charge in [0, 0.05) is 75.9 Å². The molecule has 0 bridgehead atoms. The maximum atomic E-state index is 0. The molecule has 0 aromatic rings. The van der Waals surface area contributed by atoms with Crippen molar-refractivity contribution in [1.82, 2.24) is 0 Å². The van der Waals surface area contributed by atoms with Crippen molar-refractivity contribution < 1.29 is 50.6 Å². The summed E-state index contributed by atoms with van der Waals surface area (Å²) in [6.07, 6.45) is 0. The summed E-state index contributed by atoms with van der Waals surface area (Å²) in [4.78, 5) is 0. The molecule has 58 valence electrons. The van der Waals surface area contributed by atoms with Gasteiger partial charge in [0.25, 0.3) is 0 Å². The van der Waals surface area contributed by atoms with Crippen LogP contribution in [0.25, 0.3) is 0 Å².